The van der Waals surface area contributed by atoms with Crippen LogP contribution in [0.4, 0.5) is 11.4 Å². The van der Waals surface area contributed by atoms with E-state index in [0.29, 0.717) is 16.5 Å². The Kier molecular flexibility index (Phi) is 5.59. The maximum Gasteiger partial charge on any atom is 0.273 e. The van der Waals surface area contributed by atoms with Crippen molar-refractivity contribution in [2.75, 3.05) is 12.4 Å². The summed E-state index contributed by atoms with van der Waals surface area (Å²) in [4.78, 5) is 22.4. The van der Waals surface area contributed by atoms with Gasteiger partial charge in [-0.3, -0.25) is 14.9 Å². The van der Waals surface area contributed by atoms with Gasteiger partial charge in [0.2, 0.25) is 0 Å². The lowest BCUT2D eigenvalue weighted by Gasteiger charge is -2.16. The van der Waals surface area contributed by atoms with Crippen LogP contribution in [-0.2, 0) is 4.79 Å². The summed E-state index contributed by atoms with van der Waals surface area (Å²) in [7, 11) is 1.36. The monoisotopic (exact) mass is 350 g/mol. The number of rotatable bonds is 6. The van der Waals surface area contributed by atoms with Gasteiger partial charge in [0.05, 0.1) is 23.8 Å². The van der Waals surface area contributed by atoms with Crippen LogP contribution >= 0.6 is 11.6 Å². The van der Waals surface area contributed by atoms with Crippen LogP contribution in [0.25, 0.3) is 0 Å². The van der Waals surface area contributed by atoms with E-state index in [9.17, 15) is 14.9 Å². The van der Waals surface area contributed by atoms with Crippen LogP contribution in [0.15, 0.2) is 42.5 Å². The quantitative estimate of drug-likeness (QED) is 0.634. The molecular weight excluding hydrogens is 336 g/mol. The molecule has 0 aliphatic carbocycles. The van der Waals surface area contributed by atoms with Crippen molar-refractivity contribution < 1.29 is 19.2 Å². The van der Waals surface area contributed by atoms with Gasteiger partial charge < -0.3 is 14.8 Å². The molecule has 0 fully saturated rings. The first kappa shape index (κ1) is 17.6. The molecule has 0 saturated carbocycles. The third-order valence-corrected chi connectivity index (χ3v) is 3.40. The first-order valence-corrected chi connectivity index (χ1v) is 7.34. The van der Waals surface area contributed by atoms with Crippen molar-refractivity contribution in [2.45, 2.75) is 13.0 Å². The normalized spacial score (nSPS) is 11.5. The Hall–Kier alpha value is -2.80. The number of nitro benzene ring substituents is 1. The Balaban J connectivity index is 2.08. The Morgan fingerprint density at radius 3 is 2.50 bits per heavy atom. The van der Waals surface area contributed by atoms with Gasteiger partial charge in [0.25, 0.3) is 11.6 Å². The number of amides is 1. The highest BCUT2D eigenvalue weighted by molar-refractivity contribution is 6.30. The number of hydrogen-bond acceptors (Lipinski definition) is 5. The van der Waals surface area contributed by atoms with Crippen LogP contribution < -0.4 is 14.8 Å². The fourth-order valence-electron chi connectivity index (χ4n) is 1.90. The highest BCUT2D eigenvalue weighted by atomic mass is 35.5. The first-order valence-electron chi connectivity index (χ1n) is 6.96. The molecule has 0 bridgehead atoms. The van der Waals surface area contributed by atoms with Crippen molar-refractivity contribution >= 4 is 28.9 Å². The number of carbonyl (C=O) groups is 1. The summed E-state index contributed by atoms with van der Waals surface area (Å²) in [6.45, 7) is 1.59. The molecule has 2 rings (SSSR count). The zero-order valence-corrected chi connectivity index (χ0v) is 13.7. The van der Waals surface area contributed by atoms with Gasteiger partial charge in [-0.2, -0.15) is 0 Å². The highest BCUT2D eigenvalue weighted by Crippen LogP contribution is 2.29. The predicted molar refractivity (Wildman–Crippen MR) is 89.8 cm³/mol. The Morgan fingerprint density at radius 2 is 1.92 bits per heavy atom. The molecule has 0 aliphatic heterocycles. The van der Waals surface area contributed by atoms with Gasteiger partial charge in [-0.25, -0.2) is 0 Å². The minimum absolute atomic E-state index is 0.129. The van der Waals surface area contributed by atoms with Crippen LogP contribution in [0.5, 0.6) is 11.5 Å². The van der Waals surface area contributed by atoms with Gasteiger partial charge in [0.1, 0.15) is 11.5 Å². The molecule has 1 amide bonds. The van der Waals surface area contributed by atoms with Crippen molar-refractivity contribution in [2.24, 2.45) is 0 Å². The second kappa shape index (κ2) is 7.65. The van der Waals surface area contributed by atoms with E-state index in [1.807, 2.05) is 0 Å². The molecular formula is C16H15ClN2O5. The van der Waals surface area contributed by atoms with Crippen LogP contribution in [-0.4, -0.2) is 24.0 Å². The smallest absolute Gasteiger partial charge is 0.273 e. The minimum atomic E-state index is -0.786. The largest absolute Gasteiger partial charge is 0.494 e. The summed E-state index contributed by atoms with van der Waals surface area (Å²) in [5.41, 5.74) is 0.190. The Morgan fingerprint density at radius 1 is 1.25 bits per heavy atom. The van der Waals surface area contributed by atoms with E-state index in [1.54, 1.807) is 31.2 Å². The fraction of sp³-hybridized carbons (Fsp3) is 0.188. The molecule has 0 aliphatic rings. The molecule has 0 aromatic heterocycles. The Bertz CT molecular complexity index is 749. The van der Waals surface area contributed by atoms with Gasteiger partial charge >= 0.3 is 0 Å². The SMILES string of the molecule is COc1cc([N+](=O)[O-])ccc1NC(=O)[C@@H](C)Oc1ccc(Cl)cc1. The predicted octanol–water partition coefficient (Wildman–Crippen LogP) is 3.66. The number of methoxy groups -OCH3 is 1. The minimum Gasteiger partial charge on any atom is -0.494 e. The summed E-state index contributed by atoms with van der Waals surface area (Å²) in [5, 5.41) is 14.0. The van der Waals surface area contributed by atoms with Gasteiger partial charge in [0.15, 0.2) is 6.10 Å². The highest BCUT2D eigenvalue weighted by Gasteiger charge is 2.18. The van der Waals surface area contributed by atoms with Crippen LogP contribution in [0, 0.1) is 10.1 Å². The number of nitro groups is 1. The van der Waals surface area contributed by atoms with Crippen molar-refractivity contribution in [3.05, 3.63) is 57.6 Å². The number of hydrogen-bond donors (Lipinski definition) is 1. The molecule has 7 nitrogen and oxygen atoms in total. The van der Waals surface area contributed by atoms with E-state index in [-0.39, 0.29) is 11.4 Å². The molecule has 126 valence electrons. The average molecular weight is 351 g/mol. The molecule has 24 heavy (non-hydrogen) atoms. The van der Waals surface area contributed by atoms with Gasteiger partial charge in [0, 0.05) is 11.1 Å². The molecule has 0 spiro atoms. The first-order chi connectivity index (χ1) is 11.4. The lowest BCUT2D eigenvalue weighted by molar-refractivity contribution is -0.384. The molecule has 2 aromatic rings. The van der Waals surface area contributed by atoms with E-state index in [2.05, 4.69) is 5.32 Å². The van der Waals surface area contributed by atoms with E-state index >= 15 is 0 Å². The second-order valence-corrected chi connectivity index (χ2v) is 5.28. The molecule has 8 heteroatoms. The van der Waals surface area contributed by atoms with Gasteiger partial charge in [-0.05, 0) is 37.3 Å². The Labute approximate surface area is 143 Å². The summed E-state index contributed by atoms with van der Waals surface area (Å²) in [6.07, 6.45) is -0.786. The third-order valence-electron chi connectivity index (χ3n) is 3.15. The standard InChI is InChI=1S/C16H15ClN2O5/c1-10(24-13-6-3-11(17)4-7-13)16(20)18-14-8-5-12(19(21)22)9-15(14)23-2/h3-10H,1-2H3,(H,18,20)/t10-/m1/s1. The molecule has 1 atom stereocenters. The summed E-state index contributed by atoms with van der Waals surface area (Å²) in [5.74, 6) is 0.270. The van der Waals surface area contributed by atoms with Crippen LogP contribution in [0.3, 0.4) is 0 Å². The fourth-order valence-corrected chi connectivity index (χ4v) is 2.03. The van der Waals surface area contributed by atoms with Crippen molar-refractivity contribution in [3.63, 3.8) is 0 Å². The van der Waals surface area contributed by atoms with E-state index in [1.165, 1.54) is 25.3 Å². The number of anilines is 1. The number of benzene rings is 2. The van der Waals surface area contributed by atoms with Gasteiger partial charge in [-0.15, -0.1) is 0 Å². The number of ether oxygens (including phenoxy) is 2. The van der Waals surface area contributed by atoms with E-state index < -0.39 is 16.9 Å². The number of carbonyl (C=O) groups excluding carboxylic acids is 1. The van der Waals surface area contributed by atoms with Crippen molar-refractivity contribution in [3.8, 4) is 11.5 Å². The average Bonchev–Trinajstić information content (AvgIpc) is 2.56. The maximum atomic E-state index is 12.2. The number of halogens is 1. The molecule has 0 heterocycles. The molecule has 0 unspecified atom stereocenters. The lowest BCUT2D eigenvalue weighted by atomic mass is 10.2. The summed E-state index contributed by atoms with van der Waals surface area (Å²) >= 11 is 5.79. The molecule has 1 N–H and O–H groups in total. The second-order valence-electron chi connectivity index (χ2n) is 4.84. The maximum absolute atomic E-state index is 12.2. The summed E-state index contributed by atoms with van der Waals surface area (Å²) < 4.78 is 10.6. The number of nitrogens with one attached hydrogen (secondary N) is 1. The van der Waals surface area contributed by atoms with E-state index in [4.69, 9.17) is 21.1 Å². The molecule has 0 saturated heterocycles. The van der Waals surface area contributed by atoms with Gasteiger partial charge in [-0.1, -0.05) is 11.6 Å². The number of nitrogens with zero attached hydrogens (tertiary/aromatic N) is 1. The van der Waals surface area contributed by atoms with Crippen molar-refractivity contribution in [1.82, 2.24) is 0 Å². The molecule has 0 radical (unpaired) electrons. The zero-order valence-electron chi connectivity index (χ0n) is 13.0. The topological polar surface area (TPSA) is 90.7 Å². The number of non-ortho nitro benzene ring substituents is 1. The summed E-state index contributed by atoms with van der Waals surface area (Å²) in [6, 6.07) is 10.5. The molecule has 2 aromatic carbocycles. The van der Waals surface area contributed by atoms with Crippen LogP contribution in [0.1, 0.15) is 6.92 Å². The zero-order chi connectivity index (χ0) is 17.7. The third kappa shape index (κ3) is 4.36. The lowest BCUT2D eigenvalue weighted by Crippen LogP contribution is -2.30. The van der Waals surface area contributed by atoms with Crippen molar-refractivity contribution in [1.29, 1.82) is 0 Å². The van der Waals surface area contributed by atoms with Crippen LogP contribution in [0.2, 0.25) is 5.02 Å². The van der Waals surface area contributed by atoms with E-state index in [0.717, 1.165) is 0 Å².